The van der Waals surface area contributed by atoms with Crippen molar-refractivity contribution in [1.29, 1.82) is 0 Å². The zero-order chi connectivity index (χ0) is 19.8. The molecule has 30 heavy (non-hydrogen) atoms. The van der Waals surface area contributed by atoms with Crippen molar-refractivity contribution in [3.8, 4) is 5.69 Å². The summed E-state index contributed by atoms with van der Waals surface area (Å²) in [6, 6.07) is 12.5. The van der Waals surface area contributed by atoms with Gasteiger partial charge in [0.15, 0.2) is 0 Å². The van der Waals surface area contributed by atoms with E-state index in [-0.39, 0.29) is 35.7 Å². The van der Waals surface area contributed by atoms with E-state index in [1.54, 1.807) is 21.6 Å². The Balaban J connectivity index is 0.00000218. The zero-order valence-corrected chi connectivity index (χ0v) is 17.1. The molecule has 0 radical (unpaired) electrons. The number of nitrogens with zero attached hydrogens (tertiary/aromatic N) is 4. The van der Waals surface area contributed by atoms with E-state index in [0.29, 0.717) is 6.54 Å². The third-order valence-electron chi connectivity index (χ3n) is 5.93. The van der Waals surface area contributed by atoms with Crippen LogP contribution in [0.3, 0.4) is 0 Å². The molecule has 2 aliphatic heterocycles. The largest absolute Gasteiger partial charge is 0.350 e. The van der Waals surface area contributed by atoms with Crippen LogP contribution in [0, 0.1) is 5.92 Å². The smallest absolute Gasteiger partial charge is 0.251 e. The fraction of sp³-hybridized carbons (Fsp3) is 0.333. The van der Waals surface area contributed by atoms with Crippen molar-refractivity contribution in [3.63, 3.8) is 0 Å². The summed E-state index contributed by atoms with van der Waals surface area (Å²) in [6.07, 6.45) is 4.03. The normalized spacial score (nSPS) is 21.9. The molecular formula is C21H23ClN6O2. The standard InChI is InChI=1S/C21H22N6O2.ClH/c28-19-7-3-6-18-15-8-16(10-22-9-15)20(27(18)19)21(29)24-11-14-4-1-2-5-17(14)26-13-23-12-25-26;/h1-7,12-13,15-16,20,22H,8-11H2,(H,24,29);1H/t15-,16+,20-;/m1./s1. The number of carbonyl (C=O) groups excluding carboxylic acids is 1. The third-order valence-corrected chi connectivity index (χ3v) is 5.93. The van der Waals surface area contributed by atoms with Crippen LogP contribution >= 0.6 is 12.4 Å². The zero-order valence-electron chi connectivity index (χ0n) is 16.3. The molecule has 2 aliphatic rings. The number of nitrogens with one attached hydrogen (secondary N) is 2. The summed E-state index contributed by atoms with van der Waals surface area (Å²) in [5, 5.41) is 10.7. The fourth-order valence-electron chi connectivity index (χ4n) is 4.63. The monoisotopic (exact) mass is 426 g/mol. The van der Waals surface area contributed by atoms with Crippen molar-refractivity contribution in [2.24, 2.45) is 5.92 Å². The second kappa shape index (κ2) is 8.41. The predicted molar refractivity (Wildman–Crippen MR) is 114 cm³/mol. The van der Waals surface area contributed by atoms with Crippen molar-refractivity contribution >= 4 is 18.3 Å². The SMILES string of the molecule is Cl.O=C(NCc1ccccc1-n1cncn1)[C@H]1[C@@H]2CNC[C@@H](C2)c2cccc(=O)n21. The van der Waals surface area contributed by atoms with Gasteiger partial charge in [-0.3, -0.25) is 14.2 Å². The highest BCUT2D eigenvalue weighted by Crippen LogP contribution is 2.38. The third kappa shape index (κ3) is 3.53. The van der Waals surface area contributed by atoms with E-state index in [9.17, 15) is 9.59 Å². The molecule has 5 rings (SSSR count). The molecule has 0 spiro atoms. The first-order valence-electron chi connectivity index (χ1n) is 9.85. The number of pyridine rings is 1. The van der Waals surface area contributed by atoms with Crippen LogP contribution in [0.4, 0.5) is 0 Å². The van der Waals surface area contributed by atoms with Crippen molar-refractivity contribution in [2.45, 2.75) is 24.9 Å². The number of hydrogen-bond acceptors (Lipinski definition) is 5. The molecule has 156 valence electrons. The van der Waals surface area contributed by atoms with Gasteiger partial charge in [0, 0.05) is 43.2 Å². The van der Waals surface area contributed by atoms with Gasteiger partial charge < -0.3 is 10.6 Å². The number of benzene rings is 1. The molecule has 2 N–H and O–H groups in total. The minimum Gasteiger partial charge on any atom is -0.350 e. The molecule has 2 bridgehead atoms. The molecule has 1 amide bonds. The first-order valence-corrected chi connectivity index (χ1v) is 9.85. The second-order valence-corrected chi connectivity index (χ2v) is 7.64. The Morgan fingerprint density at radius 2 is 2.03 bits per heavy atom. The minimum atomic E-state index is -0.499. The molecule has 1 saturated heterocycles. The van der Waals surface area contributed by atoms with E-state index in [4.69, 9.17) is 0 Å². The Morgan fingerprint density at radius 1 is 1.17 bits per heavy atom. The average Bonchev–Trinajstić information content (AvgIpc) is 3.28. The number of rotatable bonds is 4. The lowest BCUT2D eigenvalue weighted by atomic mass is 9.79. The number of halogens is 1. The average molecular weight is 427 g/mol. The number of carbonyl (C=O) groups is 1. The summed E-state index contributed by atoms with van der Waals surface area (Å²) in [6.45, 7) is 1.94. The lowest BCUT2D eigenvalue weighted by Crippen LogP contribution is -2.52. The summed E-state index contributed by atoms with van der Waals surface area (Å²) in [7, 11) is 0. The van der Waals surface area contributed by atoms with Gasteiger partial charge in [0.25, 0.3) is 5.56 Å². The quantitative estimate of drug-likeness (QED) is 0.658. The maximum absolute atomic E-state index is 13.3. The highest BCUT2D eigenvalue weighted by molar-refractivity contribution is 5.85. The molecule has 8 nitrogen and oxygen atoms in total. The number of fused-ring (bicyclic) bond motifs is 4. The Morgan fingerprint density at radius 3 is 2.87 bits per heavy atom. The number of piperidine rings is 1. The van der Waals surface area contributed by atoms with Gasteiger partial charge in [-0.15, -0.1) is 12.4 Å². The molecular weight excluding hydrogens is 404 g/mol. The number of hydrogen-bond donors (Lipinski definition) is 2. The number of amides is 1. The number of aromatic nitrogens is 4. The lowest BCUT2D eigenvalue weighted by molar-refractivity contribution is -0.127. The van der Waals surface area contributed by atoms with E-state index in [0.717, 1.165) is 36.5 Å². The van der Waals surface area contributed by atoms with E-state index < -0.39 is 6.04 Å². The molecule has 3 aromatic rings. The van der Waals surface area contributed by atoms with E-state index in [2.05, 4.69) is 20.7 Å². The van der Waals surface area contributed by atoms with Crippen LogP contribution < -0.4 is 16.2 Å². The Kier molecular flexibility index (Phi) is 5.69. The summed E-state index contributed by atoms with van der Waals surface area (Å²) in [5.74, 6) is 0.256. The van der Waals surface area contributed by atoms with Gasteiger partial charge in [-0.25, -0.2) is 9.67 Å². The van der Waals surface area contributed by atoms with E-state index in [1.165, 1.54) is 12.4 Å². The van der Waals surface area contributed by atoms with Crippen LogP contribution in [-0.4, -0.2) is 38.3 Å². The summed E-state index contributed by atoms with van der Waals surface area (Å²) in [5.41, 5.74) is 2.64. The van der Waals surface area contributed by atoms with Crippen LogP contribution in [-0.2, 0) is 11.3 Å². The molecule has 4 heterocycles. The maximum Gasteiger partial charge on any atom is 0.251 e. The van der Waals surface area contributed by atoms with Crippen molar-refractivity contribution in [2.75, 3.05) is 13.1 Å². The highest BCUT2D eigenvalue weighted by Gasteiger charge is 2.41. The fourth-order valence-corrected chi connectivity index (χ4v) is 4.63. The van der Waals surface area contributed by atoms with Gasteiger partial charge in [-0.1, -0.05) is 24.3 Å². The lowest BCUT2D eigenvalue weighted by Gasteiger charge is -2.42. The Bertz CT molecular complexity index is 1100. The Hall–Kier alpha value is -2.97. The van der Waals surface area contributed by atoms with Crippen LogP contribution in [0.15, 0.2) is 59.9 Å². The van der Waals surface area contributed by atoms with Gasteiger partial charge in [-0.05, 0) is 24.1 Å². The van der Waals surface area contributed by atoms with Crippen LogP contribution in [0.2, 0.25) is 0 Å². The molecule has 1 aromatic carbocycles. The molecule has 0 saturated carbocycles. The summed E-state index contributed by atoms with van der Waals surface area (Å²) in [4.78, 5) is 29.9. The van der Waals surface area contributed by atoms with Gasteiger partial charge in [0.2, 0.25) is 5.91 Å². The first-order chi connectivity index (χ1) is 14.2. The van der Waals surface area contributed by atoms with Crippen molar-refractivity contribution < 1.29 is 4.79 Å². The molecule has 0 aliphatic carbocycles. The van der Waals surface area contributed by atoms with Gasteiger partial charge in [-0.2, -0.15) is 5.10 Å². The van der Waals surface area contributed by atoms with Crippen molar-refractivity contribution in [1.82, 2.24) is 30.0 Å². The topological polar surface area (TPSA) is 93.8 Å². The maximum atomic E-state index is 13.3. The van der Waals surface area contributed by atoms with Gasteiger partial charge in [0.1, 0.15) is 18.7 Å². The highest BCUT2D eigenvalue weighted by atomic mass is 35.5. The van der Waals surface area contributed by atoms with Gasteiger partial charge in [0.05, 0.1) is 5.69 Å². The van der Waals surface area contributed by atoms with Crippen LogP contribution in [0.25, 0.3) is 5.69 Å². The molecule has 2 aromatic heterocycles. The predicted octanol–water partition coefficient (Wildman–Crippen LogP) is 1.41. The first kappa shape index (κ1) is 20.3. The van der Waals surface area contributed by atoms with Gasteiger partial charge >= 0.3 is 0 Å². The molecule has 9 heteroatoms. The van der Waals surface area contributed by atoms with Crippen molar-refractivity contribution in [3.05, 3.63) is 76.7 Å². The van der Waals surface area contributed by atoms with E-state index in [1.807, 2.05) is 30.3 Å². The summed E-state index contributed by atoms with van der Waals surface area (Å²) >= 11 is 0. The second-order valence-electron chi connectivity index (χ2n) is 7.64. The minimum absolute atomic E-state index is 0. The number of para-hydroxylation sites is 1. The summed E-state index contributed by atoms with van der Waals surface area (Å²) < 4.78 is 3.38. The molecule has 3 atom stereocenters. The van der Waals surface area contributed by atoms with Crippen LogP contribution in [0.5, 0.6) is 0 Å². The Labute approximate surface area is 179 Å². The van der Waals surface area contributed by atoms with Crippen LogP contribution in [0.1, 0.15) is 29.6 Å². The van der Waals surface area contributed by atoms with E-state index >= 15 is 0 Å². The molecule has 0 unspecified atom stereocenters. The molecule has 1 fully saturated rings.